The summed E-state index contributed by atoms with van der Waals surface area (Å²) in [6.45, 7) is 0.604. The Kier molecular flexibility index (Phi) is 6.62. The molecule has 19 heavy (non-hydrogen) atoms. The first-order chi connectivity index (χ1) is 8.93. The Morgan fingerprint density at radius 3 is 2.68 bits per heavy atom. The highest BCUT2D eigenvalue weighted by Gasteiger charge is 2.42. The van der Waals surface area contributed by atoms with Gasteiger partial charge >= 0.3 is 6.18 Å². The van der Waals surface area contributed by atoms with Crippen LogP contribution in [0.1, 0.15) is 44.9 Å². The van der Waals surface area contributed by atoms with Crippen LogP contribution in [-0.4, -0.2) is 31.8 Å². The van der Waals surface area contributed by atoms with Gasteiger partial charge in [0.25, 0.3) is 0 Å². The van der Waals surface area contributed by atoms with Crippen molar-refractivity contribution in [3.8, 4) is 0 Å². The van der Waals surface area contributed by atoms with Gasteiger partial charge in [-0.3, -0.25) is 4.79 Å². The third kappa shape index (κ3) is 6.27. The number of ether oxygens (including phenoxy) is 1. The second-order valence-electron chi connectivity index (χ2n) is 5.12. The highest BCUT2D eigenvalue weighted by molar-refractivity contribution is 5.76. The van der Waals surface area contributed by atoms with Gasteiger partial charge in [-0.25, -0.2) is 0 Å². The third-order valence-corrected chi connectivity index (χ3v) is 3.50. The average molecular weight is 281 g/mol. The van der Waals surface area contributed by atoms with Crippen LogP contribution in [0.25, 0.3) is 0 Å². The molecule has 0 spiro atoms. The van der Waals surface area contributed by atoms with E-state index in [2.05, 4.69) is 5.32 Å². The number of alkyl halides is 3. The number of unbranched alkanes of at least 4 members (excludes halogenated alkanes) is 1. The first-order valence-electron chi connectivity index (χ1n) is 6.78. The number of carbonyl (C=O) groups excluding carboxylic acids is 1. The van der Waals surface area contributed by atoms with Crippen molar-refractivity contribution in [2.45, 2.75) is 57.2 Å². The van der Waals surface area contributed by atoms with Crippen molar-refractivity contribution in [1.82, 2.24) is 5.32 Å². The molecule has 6 heteroatoms. The van der Waals surface area contributed by atoms with Crippen LogP contribution in [0.3, 0.4) is 0 Å². The summed E-state index contributed by atoms with van der Waals surface area (Å²) < 4.78 is 42.7. The summed E-state index contributed by atoms with van der Waals surface area (Å²) in [5.74, 6) is -1.41. The molecule has 1 aliphatic rings. The van der Waals surface area contributed by atoms with Gasteiger partial charge in [0.1, 0.15) is 0 Å². The molecule has 112 valence electrons. The molecule has 1 saturated carbocycles. The Morgan fingerprint density at radius 1 is 1.32 bits per heavy atom. The van der Waals surface area contributed by atoms with Crippen LogP contribution in [0.5, 0.6) is 0 Å². The van der Waals surface area contributed by atoms with Crippen LogP contribution in [0.4, 0.5) is 13.2 Å². The van der Waals surface area contributed by atoms with Crippen LogP contribution < -0.4 is 5.32 Å². The lowest BCUT2D eigenvalue weighted by atomic mass is 9.85. The predicted octanol–water partition coefficient (Wildman–Crippen LogP) is 3.04. The molecule has 1 rings (SSSR count). The largest absolute Gasteiger partial charge is 0.391 e. The summed E-state index contributed by atoms with van der Waals surface area (Å²) in [7, 11) is 1.60. The smallest absolute Gasteiger partial charge is 0.385 e. The number of rotatable bonds is 6. The fourth-order valence-electron chi connectivity index (χ4n) is 2.45. The lowest BCUT2D eigenvalue weighted by Crippen LogP contribution is -2.41. The molecule has 0 heterocycles. The van der Waals surface area contributed by atoms with Crippen LogP contribution in [0.15, 0.2) is 0 Å². The van der Waals surface area contributed by atoms with Gasteiger partial charge in [0.05, 0.1) is 5.92 Å². The number of nitrogens with one attached hydrogen (secondary N) is 1. The Bertz CT molecular complexity index is 282. The minimum absolute atomic E-state index is 0.0211. The van der Waals surface area contributed by atoms with Gasteiger partial charge in [0.15, 0.2) is 0 Å². The van der Waals surface area contributed by atoms with E-state index in [0.717, 1.165) is 6.42 Å². The van der Waals surface area contributed by atoms with E-state index in [4.69, 9.17) is 4.74 Å². The van der Waals surface area contributed by atoms with Gasteiger partial charge in [0, 0.05) is 26.2 Å². The SMILES string of the molecule is COCCCCC(=O)N[C@@H]1CCC[C@@H](C(F)(F)F)C1. The summed E-state index contributed by atoms with van der Waals surface area (Å²) in [4.78, 5) is 11.6. The molecular formula is C13H22F3NO2. The van der Waals surface area contributed by atoms with E-state index < -0.39 is 12.1 Å². The van der Waals surface area contributed by atoms with Crippen molar-refractivity contribution < 1.29 is 22.7 Å². The van der Waals surface area contributed by atoms with Crippen LogP contribution >= 0.6 is 0 Å². The zero-order chi connectivity index (χ0) is 14.3. The molecule has 1 amide bonds. The maximum Gasteiger partial charge on any atom is 0.391 e. The highest BCUT2D eigenvalue weighted by Crippen LogP contribution is 2.37. The molecule has 0 unspecified atom stereocenters. The Hall–Kier alpha value is -0.780. The molecule has 0 bridgehead atoms. The number of amides is 1. The number of halogens is 3. The number of methoxy groups -OCH3 is 1. The van der Waals surface area contributed by atoms with E-state index in [1.165, 1.54) is 0 Å². The molecule has 3 nitrogen and oxygen atoms in total. The van der Waals surface area contributed by atoms with E-state index in [9.17, 15) is 18.0 Å². The average Bonchev–Trinajstić information content (AvgIpc) is 2.34. The van der Waals surface area contributed by atoms with E-state index in [1.54, 1.807) is 7.11 Å². The maximum absolute atomic E-state index is 12.6. The van der Waals surface area contributed by atoms with Crippen molar-refractivity contribution in [1.29, 1.82) is 0 Å². The van der Waals surface area contributed by atoms with E-state index in [-0.39, 0.29) is 24.8 Å². The van der Waals surface area contributed by atoms with Crippen LogP contribution in [0, 0.1) is 5.92 Å². The highest BCUT2D eigenvalue weighted by atomic mass is 19.4. The molecule has 0 aromatic rings. The summed E-state index contributed by atoms with van der Waals surface area (Å²) in [5.41, 5.74) is 0. The van der Waals surface area contributed by atoms with Crippen molar-refractivity contribution in [3.63, 3.8) is 0 Å². The molecule has 0 saturated heterocycles. The quantitative estimate of drug-likeness (QED) is 0.760. The first-order valence-corrected chi connectivity index (χ1v) is 6.78. The summed E-state index contributed by atoms with van der Waals surface area (Å²) >= 11 is 0. The fraction of sp³-hybridized carbons (Fsp3) is 0.923. The summed E-state index contributed by atoms with van der Waals surface area (Å²) in [6, 6.07) is -0.324. The van der Waals surface area contributed by atoms with Crippen molar-refractivity contribution >= 4 is 5.91 Å². The molecule has 0 aromatic carbocycles. The van der Waals surface area contributed by atoms with E-state index in [0.29, 0.717) is 32.3 Å². The molecule has 1 fully saturated rings. The lowest BCUT2D eigenvalue weighted by Gasteiger charge is -2.31. The topological polar surface area (TPSA) is 38.3 Å². The first kappa shape index (κ1) is 16.3. The molecule has 1 aliphatic carbocycles. The van der Waals surface area contributed by atoms with Gasteiger partial charge in [-0.15, -0.1) is 0 Å². The monoisotopic (exact) mass is 281 g/mol. The van der Waals surface area contributed by atoms with Gasteiger partial charge in [-0.1, -0.05) is 6.42 Å². The lowest BCUT2D eigenvalue weighted by molar-refractivity contribution is -0.184. The van der Waals surface area contributed by atoms with Crippen molar-refractivity contribution in [2.75, 3.05) is 13.7 Å². The molecule has 1 N–H and O–H groups in total. The number of hydrogen-bond donors (Lipinski definition) is 1. The maximum atomic E-state index is 12.6. The second kappa shape index (κ2) is 7.72. The predicted molar refractivity (Wildman–Crippen MR) is 65.7 cm³/mol. The second-order valence-corrected chi connectivity index (χ2v) is 5.12. The Balaban J connectivity index is 2.26. The van der Waals surface area contributed by atoms with Crippen LogP contribution in [0.2, 0.25) is 0 Å². The molecular weight excluding hydrogens is 259 g/mol. The summed E-state index contributed by atoms with van der Waals surface area (Å²) in [5, 5.41) is 2.72. The minimum Gasteiger partial charge on any atom is -0.385 e. The number of hydrogen-bond acceptors (Lipinski definition) is 2. The van der Waals surface area contributed by atoms with Gasteiger partial charge in [0.2, 0.25) is 5.91 Å². The van der Waals surface area contributed by atoms with Crippen molar-refractivity contribution in [3.05, 3.63) is 0 Å². The van der Waals surface area contributed by atoms with Gasteiger partial charge in [-0.05, 0) is 32.1 Å². The van der Waals surface area contributed by atoms with Gasteiger partial charge in [-0.2, -0.15) is 13.2 Å². The standard InChI is InChI=1S/C13H22F3NO2/c1-19-8-3-2-7-12(18)17-11-6-4-5-10(9-11)13(14,15)16/h10-11H,2-9H2,1H3,(H,17,18)/t10-,11-/m1/s1. The molecule has 0 aromatic heterocycles. The zero-order valence-corrected chi connectivity index (χ0v) is 11.3. The Labute approximate surface area is 111 Å². The summed E-state index contributed by atoms with van der Waals surface area (Å²) in [6.07, 6.45) is -0.903. The Morgan fingerprint density at radius 2 is 2.05 bits per heavy atom. The minimum atomic E-state index is -4.14. The van der Waals surface area contributed by atoms with E-state index >= 15 is 0 Å². The normalized spacial score (nSPS) is 24.2. The fourth-order valence-corrected chi connectivity index (χ4v) is 2.45. The van der Waals surface area contributed by atoms with E-state index in [1.807, 2.05) is 0 Å². The molecule has 0 aliphatic heterocycles. The van der Waals surface area contributed by atoms with Gasteiger partial charge < -0.3 is 10.1 Å². The zero-order valence-electron chi connectivity index (χ0n) is 11.3. The molecule has 2 atom stereocenters. The molecule has 0 radical (unpaired) electrons. The van der Waals surface area contributed by atoms with Crippen LogP contribution in [-0.2, 0) is 9.53 Å². The number of carbonyl (C=O) groups is 1. The van der Waals surface area contributed by atoms with Crippen molar-refractivity contribution in [2.24, 2.45) is 5.92 Å². The third-order valence-electron chi connectivity index (χ3n) is 3.50.